The number of sulfonamides is 1. The van der Waals surface area contributed by atoms with Gasteiger partial charge in [0, 0.05) is 12.6 Å². The summed E-state index contributed by atoms with van der Waals surface area (Å²) in [6.07, 6.45) is 2.28. The predicted octanol–water partition coefficient (Wildman–Crippen LogP) is 4.61. The standard InChI is InChI=1S/C28H41N3O4S/c1-8-22(6)29-28(33)25(9-2)30(18-23-14-12-13-21(5)17-23)27(32)19-31(36(7,34)35)26-16-11-10-15-24(26)20(3)4/h10-17,20,22,25H,8-9,18-19H2,1-7H3,(H,29,33)/t22-,25+/m0/s1. The second-order valence-electron chi connectivity index (χ2n) is 9.74. The van der Waals surface area contributed by atoms with E-state index in [1.165, 1.54) is 4.90 Å². The number of carbonyl (C=O) groups is 2. The molecule has 0 heterocycles. The molecule has 7 nitrogen and oxygen atoms in total. The molecule has 0 radical (unpaired) electrons. The third-order valence-electron chi connectivity index (χ3n) is 6.33. The molecule has 36 heavy (non-hydrogen) atoms. The van der Waals surface area contributed by atoms with Crippen molar-refractivity contribution in [3.63, 3.8) is 0 Å². The molecular weight excluding hydrogens is 474 g/mol. The molecular formula is C28H41N3O4S. The maximum Gasteiger partial charge on any atom is 0.244 e. The van der Waals surface area contributed by atoms with Crippen LogP contribution in [0.2, 0.25) is 0 Å². The van der Waals surface area contributed by atoms with Crippen LogP contribution in [-0.4, -0.2) is 50.0 Å². The second-order valence-corrected chi connectivity index (χ2v) is 11.6. The molecule has 8 heteroatoms. The van der Waals surface area contributed by atoms with E-state index in [4.69, 9.17) is 0 Å². The molecule has 2 atom stereocenters. The van der Waals surface area contributed by atoms with E-state index in [0.29, 0.717) is 12.1 Å². The Morgan fingerprint density at radius 3 is 2.19 bits per heavy atom. The fraction of sp³-hybridized carbons (Fsp3) is 0.500. The first-order valence-electron chi connectivity index (χ1n) is 12.6. The fourth-order valence-corrected chi connectivity index (χ4v) is 5.03. The Morgan fingerprint density at radius 2 is 1.64 bits per heavy atom. The number of hydrogen-bond donors (Lipinski definition) is 1. The molecule has 0 aliphatic carbocycles. The summed E-state index contributed by atoms with van der Waals surface area (Å²) >= 11 is 0. The maximum absolute atomic E-state index is 13.8. The number of aryl methyl sites for hydroxylation is 1. The Hall–Kier alpha value is -2.87. The number of nitrogens with one attached hydrogen (secondary N) is 1. The summed E-state index contributed by atoms with van der Waals surface area (Å²) in [6.45, 7) is 11.5. The molecule has 0 fully saturated rings. The Bertz CT molecular complexity index is 1150. The van der Waals surface area contributed by atoms with E-state index in [2.05, 4.69) is 5.32 Å². The topological polar surface area (TPSA) is 86.8 Å². The van der Waals surface area contributed by atoms with E-state index in [-0.39, 0.29) is 31.0 Å². The lowest BCUT2D eigenvalue weighted by molar-refractivity contribution is -0.140. The highest BCUT2D eigenvalue weighted by Gasteiger charge is 2.32. The van der Waals surface area contributed by atoms with Crippen molar-refractivity contribution in [2.24, 2.45) is 0 Å². The zero-order valence-corrected chi connectivity index (χ0v) is 23.4. The minimum Gasteiger partial charge on any atom is -0.352 e. The summed E-state index contributed by atoms with van der Waals surface area (Å²) < 4.78 is 27.0. The Kier molecular flexibility index (Phi) is 10.5. The smallest absolute Gasteiger partial charge is 0.244 e. The number of para-hydroxylation sites is 1. The van der Waals surface area contributed by atoms with E-state index in [1.54, 1.807) is 12.1 Å². The normalized spacial score (nSPS) is 13.2. The lowest BCUT2D eigenvalue weighted by atomic mass is 10.0. The summed E-state index contributed by atoms with van der Waals surface area (Å²) in [5.74, 6) is -0.596. The van der Waals surface area contributed by atoms with Crippen LogP contribution in [-0.2, 0) is 26.2 Å². The van der Waals surface area contributed by atoms with Gasteiger partial charge in [-0.1, -0.05) is 75.7 Å². The number of nitrogens with zero attached hydrogens (tertiary/aromatic N) is 2. The van der Waals surface area contributed by atoms with Gasteiger partial charge >= 0.3 is 0 Å². The van der Waals surface area contributed by atoms with E-state index in [1.807, 2.05) is 77.9 Å². The van der Waals surface area contributed by atoms with Crippen LogP contribution >= 0.6 is 0 Å². The molecule has 0 spiro atoms. The first kappa shape index (κ1) is 29.4. The van der Waals surface area contributed by atoms with Crippen LogP contribution in [0.5, 0.6) is 0 Å². The summed E-state index contributed by atoms with van der Waals surface area (Å²) in [5, 5.41) is 2.99. The van der Waals surface area contributed by atoms with Crippen molar-refractivity contribution in [2.45, 2.75) is 78.9 Å². The van der Waals surface area contributed by atoms with Crippen LogP contribution in [0.4, 0.5) is 5.69 Å². The van der Waals surface area contributed by atoms with Crippen molar-refractivity contribution in [3.05, 3.63) is 65.2 Å². The highest BCUT2D eigenvalue weighted by Crippen LogP contribution is 2.29. The van der Waals surface area contributed by atoms with Crippen LogP contribution in [0.15, 0.2) is 48.5 Å². The number of benzene rings is 2. The molecule has 2 rings (SSSR count). The monoisotopic (exact) mass is 515 g/mol. The van der Waals surface area contributed by atoms with E-state index >= 15 is 0 Å². The molecule has 0 aromatic heterocycles. The number of carbonyl (C=O) groups excluding carboxylic acids is 2. The summed E-state index contributed by atoms with van der Waals surface area (Å²) in [5.41, 5.74) is 3.24. The highest BCUT2D eigenvalue weighted by molar-refractivity contribution is 7.92. The van der Waals surface area contributed by atoms with Gasteiger partial charge in [0.2, 0.25) is 21.8 Å². The van der Waals surface area contributed by atoms with Gasteiger partial charge in [0.1, 0.15) is 12.6 Å². The Morgan fingerprint density at radius 1 is 0.972 bits per heavy atom. The number of amides is 2. The third-order valence-corrected chi connectivity index (χ3v) is 7.46. The largest absolute Gasteiger partial charge is 0.352 e. The van der Waals surface area contributed by atoms with Gasteiger partial charge in [-0.15, -0.1) is 0 Å². The lowest BCUT2D eigenvalue weighted by Crippen LogP contribution is -2.53. The van der Waals surface area contributed by atoms with Gasteiger partial charge in [-0.05, 0) is 49.8 Å². The summed E-state index contributed by atoms with van der Waals surface area (Å²) in [4.78, 5) is 28.6. The van der Waals surface area contributed by atoms with Crippen molar-refractivity contribution in [2.75, 3.05) is 17.1 Å². The fourth-order valence-electron chi connectivity index (χ4n) is 4.17. The predicted molar refractivity (Wildman–Crippen MR) is 146 cm³/mol. The van der Waals surface area contributed by atoms with Gasteiger partial charge in [0.05, 0.1) is 11.9 Å². The molecule has 0 aliphatic rings. The SMILES string of the molecule is CC[C@H](C(=O)N[C@@H](C)CC)N(Cc1cccc(C)c1)C(=O)CN(c1ccccc1C(C)C)S(C)(=O)=O. The molecule has 0 aliphatic heterocycles. The first-order valence-corrected chi connectivity index (χ1v) is 14.5. The summed E-state index contributed by atoms with van der Waals surface area (Å²) in [7, 11) is -3.77. The Labute approximate surface area is 216 Å². The summed E-state index contributed by atoms with van der Waals surface area (Å²) in [6, 6.07) is 14.2. The molecule has 2 amide bonds. The first-order chi connectivity index (χ1) is 16.9. The second kappa shape index (κ2) is 12.9. The van der Waals surface area contributed by atoms with E-state index in [9.17, 15) is 18.0 Å². The molecule has 0 bridgehead atoms. The van der Waals surface area contributed by atoms with Gasteiger partial charge in [-0.3, -0.25) is 13.9 Å². The zero-order chi connectivity index (χ0) is 27.0. The van der Waals surface area contributed by atoms with Crippen LogP contribution in [0.3, 0.4) is 0 Å². The van der Waals surface area contributed by atoms with Crippen LogP contribution in [0.25, 0.3) is 0 Å². The maximum atomic E-state index is 13.8. The third kappa shape index (κ3) is 7.82. The molecule has 2 aromatic rings. The quantitative estimate of drug-likeness (QED) is 0.447. The number of rotatable bonds is 12. The molecule has 2 aromatic carbocycles. The minimum atomic E-state index is -3.77. The van der Waals surface area contributed by atoms with Crippen molar-refractivity contribution in [3.8, 4) is 0 Å². The Balaban J connectivity index is 2.51. The van der Waals surface area contributed by atoms with Crippen molar-refractivity contribution in [1.82, 2.24) is 10.2 Å². The minimum absolute atomic E-state index is 0.0343. The molecule has 198 valence electrons. The number of anilines is 1. The van der Waals surface area contributed by atoms with Crippen LogP contribution in [0.1, 0.15) is 70.1 Å². The molecule has 1 N–H and O–H groups in total. The number of hydrogen-bond acceptors (Lipinski definition) is 4. The van der Waals surface area contributed by atoms with Gasteiger partial charge in [0.15, 0.2) is 0 Å². The van der Waals surface area contributed by atoms with Crippen LogP contribution in [0, 0.1) is 6.92 Å². The van der Waals surface area contributed by atoms with E-state index < -0.39 is 22.0 Å². The van der Waals surface area contributed by atoms with Crippen molar-refractivity contribution >= 4 is 27.5 Å². The molecule has 0 unspecified atom stereocenters. The van der Waals surface area contributed by atoms with Gasteiger partial charge < -0.3 is 10.2 Å². The van der Waals surface area contributed by atoms with Crippen molar-refractivity contribution in [1.29, 1.82) is 0 Å². The average molecular weight is 516 g/mol. The average Bonchev–Trinajstić information content (AvgIpc) is 2.81. The molecule has 0 saturated carbocycles. The van der Waals surface area contributed by atoms with E-state index in [0.717, 1.165) is 33.7 Å². The van der Waals surface area contributed by atoms with Gasteiger partial charge in [-0.25, -0.2) is 8.42 Å². The lowest BCUT2D eigenvalue weighted by Gasteiger charge is -2.34. The zero-order valence-electron chi connectivity index (χ0n) is 22.6. The highest BCUT2D eigenvalue weighted by atomic mass is 32.2. The van der Waals surface area contributed by atoms with Gasteiger partial charge in [0.25, 0.3) is 0 Å². The van der Waals surface area contributed by atoms with Crippen molar-refractivity contribution < 1.29 is 18.0 Å². The van der Waals surface area contributed by atoms with Gasteiger partial charge in [-0.2, -0.15) is 0 Å². The molecule has 0 saturated heterocycles. The van der Waals surface area contributed by atoms with Crippen LogP contribution < -0.4 is 9.62 Å².